The highest BCUT2D eigenvalue weighted by Crippen LogP contribution is 2.26. The maximum atomic E-state index is 13.8. The van der Waals surface area contributed by atoms with Gasteiger partial charge in [-0.3, -0.25) is 14.6 Å². The van der Waals surface area contributed by atoms with Gasteiger partial charge >= 0.3 is 0 Å². The summed E-state index contributed by atoms with van der Waals surface area (Å²) in [7, 11) is 0. The van der Waals surface area contributed by atoms with Gasteiger partial charge in [-0.15, -0.1) is 0 Å². The molecule has 0 aliphatic rings. The molecular weight excluding hydrogens is 383 g/mol. The summed E-state index contributed by atoms with van der Waals surface area (Å²) in [6.45, 7) is 1.66. The number of amides is 2. The van der Waals surface area contributed by atoms with Crippen molar-refractivity contribution in [3.63, 3.8) is 0 Å². The predicted molar refractivity (Wildman–Crippen MR) is 113 cm³/mol. The fraction of sp³-hybridized carbons (Fsp3) is 0.0435. The number of hydrogen-bond acceptors (Lipinski definition) is 4. The van der Waals surface area contributed by atoms with E-state index in [-0.39, 0.29) is 5.56 Å². The first-order chi connectivity index (χ1) is 14.4. The van der Waals surface area contributed by atoms with E-state index in [9.17, 15) is 14.0 Å². The summed E-state index contributed by atoms with van der Waals surface area (Å²) in [5, 5.41) is 3.24. The number of nitrogens with zero attached hydrogens (tertiary/aromatic N) is 2. The molecule has 4 rings (SSSR count). The van der Waals surface area contributed by atoms with Crippen LogP contribution in [0.25, 0.3) is 22.2 Å². The van der Waals surface area contributed by atoms with E-state index in [1.807, 2.05) is 30.3 Å². The maximum Gasteiger partial charge on any atom is 0.256 e. The molecule has 2 aromatic carbocycles. The number of rotatable bonds is 4. The van der Waals surface area contributed by atoms with E-state index in [0.29, 0.717) is 33.5 Å². The number of anilines is 1. The van der Waals surface area contributed by atoms with Gasteiger partial charge in [-0.25, -0.2) is 9.37 Å². The van der Waals surface area contributed by atoms with Gasteiger partial charge in [-0.05, 0) is 31.2 Å². The molecular formula is C23H17FN4O2. The number of carbonyl (C=O) groups excluding carboxylic acids is 2. The van der Waals surface area contributed by atoms with Gasteiger partial charge in [0, 0.05) is 17.0 Å². The smallest absolute Gasteiger partial charge is 0.256 e. The Morgan fingerprint density at radius 1 is 1.00 bits per heavy atom. The number of primary amides is 1. The standard InChI is InChI=1S/C23H17FN4O2/c1-13-18(22(25)29)10-16(12-26-13)27-23(30)19-11-20(14-5-3-2-4-6-14)28-21-9-15(24)7-8-17(19)21/h2-12H,1H3,(H2,25,29)(H,27,30). The van der Waals surface area contributed by atoms with Gasteiger partial charge in [-0.1, -0.05) is 30.3 Å². The molecule has 4 aromatic rings. The number of nitrogens with one attached hydrogen (secondary N) is 1. The zero-order valence-electron chi connectivity index (χ0n) is 16.0. The summed E-state index contributed by atoms with van der Waals surface area (Å²) in [4.78, 5) is 33.3. The van der Waals surface area contributed by atoms with Crippen LogP contribution in [0.3, 0.4) is 0 Å². The van der Waals surface area contributed by atoms with Crippen molar-refractivity contribution in [2.75, 3.05) is 5.32 Å². The lowest BCUT2D eigenvalue weighted by atomic mass is 10.0. The molecule has 148 valence electrons. The second kappa shape index (κ2) is 7.71. The van der Waals surface area contributed by atoms with Crippen LogP contribution in [0, 0.1) is 12.7 Å². The van der Waals surface area contributed by atoms with Crippen molar-refractivity contribution < 1.29 is 14.0 Å². The van der Waals surface area contributed by atoms with Crippen LogP contribution in [0.4, 0.5) is 10.1 Å². The molecule has 2 heterocycles. The molecule has 2 aromatic heterocycles. The van der Waals surface area contributed by atoms with E-state index in [4.69, 9.17) is 5.73 Å². The Morgan fingerprint density at radius 3 is 2.50 bits per heavy atom. The highest BCUT2D eigenvalue weighted by Gasteiger charge is 2.16. The molecule has 0 fully saturated rings. The Labute approximate surface area is 171 Å². The second-order valence-corrected chi connectivity index (χ2v) is 6.76. The molecule has 30 heavy (non-hydrogen) atoms. The Kier molecular flexibility index (Phi) is 4.93. The first-order valence-electron chi connectivity index (χ1n) is 9.16. The first-order valence-corrected chi connectivity index (χ1v) is 9.16. The molecule has 0 bridgehead atoms. The molecule has 0 aliphatic carbocycles. The summed E-state index contributed by atoms with van der Waals surface area (Å²) in [5.74, 6) is -1.51. The van der Waals surface area contributed by atoms with Crippen LogP contribution in [0.5, 0.6) is 0 Å². The van der Waals surface area contributed by atoms with E-state index < -0.39 is 17.6 Å². The lowest BCUT2D eigenvalue weighted by Gasteiger charge is -2.12. The summed E-state index contributed by atoms with van der Waals surface area (Å²) >= 11 is 0. The first kappa shape index (κ1) is 19.2. The molecule has 6 nitrogen and oxygen atoms in total. The van der Waals surface area contributed by atoms with E-state index in [1.54, 1.807) is 13.0 Å². The highest BCUT2D eigenvalue weighted by atomic mass is 19.1. The van der Waals surface area contributed by atoms with Gasteiger partial charge in [-0.2, -0.15) is 0 Å². The summed E-state index contributed by atoms with van der Waals surface area (Å²) in [6, 6.07) is 16.5. The Morgan fingerprint density at radius 2 is 1.77 bits per heavy atom. The maximum absolute atomic E-state index is 13.8. The molecule has 0 saturated carbocycles. The average molecular weight is 400 g/mol. The zero-order valence-corrected chi connectivity index (χ0v) is 16.0. The molecule has 2 amide bonds. The fourth-order valence-electron chi connectivity index (χ4n) is 3.20. The van der Waals surface area contributed by atoms with Crippen LogP contribution < -0.4 is 11.1 Å². The van der Waals surface area contributed by atoms with E-state index >= 15 is 0 Å². The van der Waals surface area contributed by atoms with Crippen molar-refractivity contribution in [2.24, 2.45) is 5.73 Å². The van der Waals surface area contributed by atoms with Crippen LogP contribution >= 0.6 is 0 Å². The third-order valence-electron chi connectivity index (χ3n) is 4.70. The SMILES string of the molecule is Cc1ncc(NC(=O)c2cc(-c3ccccc3)nc3cc(F)ccc23)cc1C(N)=O. The lowest BCUT2D eigenvalue weighted by Crippen LogP contribution is -2.17. The van der Waals surface area contributed by atoms with Crippen LogP contribution in [0.1, 0.15) is 26.4 Å². The number of aromatic nitrogens is 2. The number of halogens is 1. The minimum absolute atomic E-state index is 0.222. The molecule has 0 aliphatic heterocycles. The number of nitrogens with two attached hydrogens (primary N) is 1. The highest BCUT2D eigenvalue weighted by molar-refractivity contribution is 6.13. The Hall–Kier alpha value is -4.13. The topological polar surface area (TPSA) is 98.0 Å². The lowest BCUT2D eigenvalue weighted by molar-refractivity contribution is 0.0995. The normalized spacial score (nSPS) is 10.7. The Bertz CT molecular complexity index is 1290. The van der Waals surface area contributed by atoms with Crippen molar-refractivity contribution in [2.45, 2.75) is 6.92 Å². The molecule has 0 atom stereocenters. The number of aryl methyl sites for hydroxylation is 1. The second-order valence-electron chi connectivity index (χ2n) is 6.76. The van der Waals surface area contributed by atoms with Gasteiger partial charge in [0.2, 0.25) is 0 Å². The van der Waals surface area contributed by atoms with Gasteiger partial charge < -0.3 is 11.1 Å². The number of pyridine rings is 2. The quantitative estimate of drug-likeness (QED) is 0.539. The molecule has 0 unspecified atom stereocenters. The number of hydrogen-bond donors (Lipinski definition) is 2. The van der Waals surface area contributed by atoms with Gasteiger partial charge in [0.1, 0.15) is 5.82 Å². The summed E-state index contributed by atoms with van der Waals surface area (Å²) in [5.41, 5.74) is 8.40. The number of benzene rings is 2. The monoisotopic (exact) mass is 400 g/mol. The van der Waals surface area contributed by atoms with Crippen LogP contribution in [0.2, 0.25) is 0 Å². The van der Waals surface area contributed by atoms with Crippen molar-refractivity contribution >= 4 is 28.4 Å². The minimum Gasteiger partial charge on any atom is -0.366 e. The average Bonchev–Trinajstić information content (AvgIpc) is 2.74. The Balaban J connectivity index is 1.80. The minimum atomic E-state index is -0.632. The third-order valence-corrected chi connectivity index (χ3v) is 4.70. The van der Waals surface area contributed by atoms with Crippen LogP contribution in [-0.4, -0.2) is 21.8 Å². The van der Waals surface area contributed by atoms with E-state index in [2.05, 4.69) is 15.3 Å². The van der Waals surface area contributed by atoms with Crippen LogP contribution in [0.15, 0.2) is 66.9 Å². The van der Waals surface area contributed by atoms with Gasteiger partial charge in [0.05, 0.1) is 39.9 Å². The largest absolute Gasteiger partial charge is 0.366 e. The molecule has 0 spiro atoms. The third kappa shape index (κ3) is 3.73. The van der Waals surface area contributed by atoms with Crippen molar-refractivity contribution in [3.8, 4) is 11.3 Å². The zero-order chi connectivity index (χ0) is 21.3. The number of fused-ring (bicyclic) bond motifs is 1. The molecule has 3 N–H and O–H groups in total. The molecule has 7 heteroatoms. The van der Waals surface area contributed by atoms with Gasteiger partial charge in [0.15, 0.2) is 0 Å². The summed E-state index contributed by atoms with van der Waals surface area (Å²) < 4.78 is 13.8. The number of carbonyl (C=O) groups is 2. The van der Waals surface area contributed by atoms with E-state index in [0.717, 1.165) is 5.56 Å². The molecule has 0 radical (unpaired) electrons. The van der Waals surface area contributed by atoms with Gasteiger partial charge in [0.25, 0.3) is 11.8 Å². The summed E-state index contributed by atoms with van der Waals surface area (Å²) in [6.07, 6.45) is 1.45. The fourth-order valence-corrected chi connectivity index (χ4v) is 3.20. The predicted octanol–water partition coefficient (Wildman–Crippen LogP) is 4.10. The van der Waals surface area contributed by atoms with Crippen molar-refractivity contribution in [1.82, 2.24) is 9.97 Å². The van der Waals surface area contributed by atoms with E-state index in [1.165, 1.54) is 30.5 Å². The van der Waals surface area contributed by atoms with Crippen molar-refractivity contribution in [3.05, 3.63) is 89.5 Å². The van der Waals surface area contributed by atoms with Crippen molar-refractivity contribution in [1.29, 1.82) is 0 Å². The molecule has 0 saturated heterocycles. The van der Waals surface area contributed by atoms with Crippen LogP contribution in [-0.2, 0) is 0 Å².